The lowest BCUT2D eigenvalue weighted by Gasteiger charge is -2.46. The molecule has 0 fully saturated rings. The second-order valence-corrected chi connectivity index (χ2v) is 7.20. The van der Waals surface area contributed by atoms with Crippen molar-refractivity contribution in [2.75, 3.05) is 19.6 Å². The molecular formula is C16H29BrN2S. The molecule has 1 rings (SSSR count). The minimum atomic E-state index is 0.145. The van der Waals surface area contributed by atoms with Gasteiger partial charge in [-0.3, -0.25) is 4.90 Å². The van der Waals surface area contributed by atoms with Crippen LogP contribution in [0, 0.1) is 0 Å². The molecule has 0 spiro atoms. The van der Waals surface area contributed by atoms with Crippen LogP contribution >= 0.6 is 27.3 Å². The summed E-state index contributed by atoms with van der Waals surface area (Å²) in [4.78, 5) is 4.02. The lowest BCUT2D eigenvalue weighted by Crippen LogP contribution is -2.54. The molecule has 0 amide bonds. The van der Waals surface area contributed by atoms with Crippen LogP contribution in [0.4, 0.5) is 0 Å². The number of hydrogen-bond donors (Lipinski definition) is 1. The van der Waals surface area contributed by atoms with Gasteiger partial charge < -0.3 is 5.32 Å². The van der Waals surface area contributed by atoms with E-state index in [1.165, 1.54) is 9.35 Å². The summed E-state index contributed by atoms with van der Waals surface area (Å²) in [6.45, 7) is 14.7. The molecule has 0 saturated heterocycles. The summed E-state index contributed by atoms with van der Waals surface area (Å²) in [5.41, 5.74) is 0.145. The molecule has 116 valence electrons. The van der Waals surface area contributed by atoms with Crippen molar-refractivity contribution < 1.29 is 0 Å². The zero-order valence-corrected chi connectivity index (χ0v) is 15.9. The van der Waals surface area contributed by atoms with Gasteiger partial charge in [0.25, 0.3) is 0 Å². The van der Waals surface area contributed by atoms with Crippen molar-refractivity contribution in [3.63, 3.8) is 0 Å². The quantitative estimate of drug-likeness (QED) is 0.661. The fourth-order valence-electron chi connectivity index (χ4n) is 2.95. The number of hydrogen-bond acceptors (Lipinski definition) is 3. The van der Waals surface area contributed by atoms with Crippen molar-refractivity contribution in [3.8, 4) is 0 Å². The highest BCUT2D eigenvalue weighted by molar-refractivity contribution is 9.10. The van der Waals surface area contributed by atoms with Gasteiger partial charge in [-0.2, -0.15) is 0 Å². The van der Waals surface area contributed by atoms with E-state index in [9.17, 15) is 0 Å². The molecule has 0 bridgehead atoms. The number of nitrogens with one attached hydrogen (secondary N) is 1. The van der Waals surface area contributed by atoms with Gasteiger partial charge in [0.05, 0.1) is 6.04 Å². The van der Waals surface area contributed by atoms with Crippen LogP contribution in [0.5, 0.6) is 0 Å². The molecule has 0 radical (unpaired) electrons. The third-order valence-electron chi connectivity index (χ3n) is 4.33. The highest BCUT2D eigenvalue weighted by atomic mass is 79.9. The first-order chi connectivity index (χ1) is 9.54. The van der Waals surface area contributed by atoms with Gasteiger partial charge in [-0.15, -0.1) is 11.3 Å². The van der Waals surface area contributed by atoms with Crippen LogP contribution in [-0.4, -0.2) is 30.1 Å². The topological polar surface area (TPSA) is 15.3 Å². The molecule has 20 heavy (non-hydrogen) atoms. The first-order valence-electron chi connectivity index (χ1n) is 7.76. The van der Waals surface area contributed by atoms with Gasteiger partial charge in [0.15, 0.2) is 0 Å². The Kier molecular flexibility index (Phi) is 7.73. The minimum Gasteiger partial charge on any atom is -0.308 e. The van der Waals surface area contributed by atoms with Crippen LogP contribution in [0.1, 0.15) is 58.4 Å². The monoisotopic (exact) mass is 360 g/mol. The molecule has 0 aliphatic carbocycles. The average Bonchev–Trinajstić information content (AvgIpc) is 2.86. The number of nitrogens with zero attached hydrogens (tertiary/aromatic N) is 1. The van der Waals surface area contributed by atoms with Crippen molar-refractivity contribution in [1.29, 1.82) is 0 Å². The Bertz CT molecular complexity index is 390. The van der Waals surface area contributed by atoms with Gasteiger partial charge in [-0.25, -0.2) is 0 Å². The van der Waals surface area contributed by atoms with Crippen LogP contribution in [0.2, 0.25) is 0 Å². The van der Waals surface area contributed by atoms with E-state index in [2.05, 4.69) is 72.2 Å². The smallest absolute Gasteiger partial charge is 0.0610 e. The van der Waals surface area contributed by atoms with E-state index < -0.39 is 0 Å². The van der Waals surface area contributed by atoms with E-state index in [1.807, 2.05) is 11.3 Å². The maximum absolute atomic E-state index is 3.79. The van der Waals surface area contributed by atoms with Crippen LogP contribution < -0.4 is 5.32 Å². The van der Waals surface area contributed by atoms with Gasteiger partial charge in [-0.05, 0) is 66.8 Å². The Morgan fingerprint density at radius 2 is 1.95 bits per heavy atom. The van der Waals surface area contributed by atoms with E-state index in [-0.39, 0.29) is 5.54 Å². The molecule has 4 heteroatoms. The third-order valence-corrected chi connectivity index (χ3v) is 6.26. The molecule has 0 saturated carbocycles. The second kappa shape index (κ2) is 8.52. The summed E-state index contributed by atoms with van der Waals surface area (Å²) in [7, 11) is 0. The Morgan fingerprint density at radius 1 is 1.30 bits per heavy atom. The molecule has 0 aromatic carbocycles. The summed E-state index contributed by atoms with van der Waals surface area (Å²) >= 11 is 5.58. The fourth-order valence-corrected chi connectivity index (χ4v) is 4.77. The molecule has 0 aliphatic rings. The standard InChI is InChI=1S/C16H29BrN2S/c1-6-11-18-15(14-13(17)10-12-20-14)16(5,7-2)19(8-3)9-4/h10,12,15,18H,6-9,11H2,1-5H3. The van der Waals surface area contributed by atoms with Crippen LogP contribution in [0.3, 0.4) is 0 Å². The van der Waals surface area contributed by atoms with Gasteiger partial charge in [0.1, 0.15) is 0 Å². The Hall–Kier alpha value is 0.1000. The average molecular weight is 361 g/mol. The molecule has 1 N–H and O–H groups in total. The Balaban J connectivity index is 3.16. The summed E-state index contributed by atoms with van der Waals surface area (Å²) in [5, 5.41) is 5.97. The second-order valence-electron chi connectivity index (χ2n) is 5.40. The molecule has 1 heterocycles. The zero-order valence-electron chi connectivity index (χ0n) is 13.5. The molecule has 0 aliphatic heterocycles. The van der Waals surface area contributed by atoms with Crippen molar-refractivity contribution >= 4 is 27.3 Å². The van der Waals surface area contributed by atoms with E-state index >= 15 is 0 Å². The Labute approximate surface area is 137 Å². The molecule has 1 aromatic heterocycles. The van der Waals surface area contributed by atoms with Crippen LogP contribution in [0.25, 0.3) is 0 Å². The molecule has 2 atom stereocenters. The first-order valence-corrected chi connectivity index (χ1v) is 9.43. The predicted molar refractivity (Wildman–Crippen MR) is 94.7 cm³/mol. The van der Waals surface area contributed by atoms with Crippen molar-refractivity contribution in [1.82, 2.24) is 10.2 Å². The largest absolute Gasteiger partial charge is 0.308 e. The molecule has 1 aromatic rings. The van der Waals surface area contributed by atoms with Crippen molar-refractivity contribution in [2.24, 2.45) is 0 Å². The maximum atomic E-state index is 3.79. The minimum absolute atomic E-state index is 0.145. The maximum Gasteiger partial charge on any atom is 0.0610 e. The van der Waals surface area contributed by atoms with E-state index in [0.717, 1.165) is 32.5 Å². The highest BCUT2D eigenvalue weighted by Crippen LogP contribution is 2.40. The van der Waals surface area contributed by atoms with E-state index in [1.54, 1.807) is 0 Å². The highest BCUT2D eigenvalue weighted by Gasteiger charge is 2.39. The summed E-state index contributed by atoms with van der Waals surface area (Å²) in [5.74, 6) is 0. The lowest BCUT2D eigenvalue weighted by molar-refractivity contribution is 0.0709. The molecule has 2 nitrogen and oxygen atoms in total. The summed E-state index contributed by atoms with van der Waals surface area (Å²) < 4.78 is 1.24. The zero-order chi connectivity index (χ0) is 15.2. The SMILES string of the molecule is CCCNC(c1sccc1Br)C(C)(CC)N(CC)CC. The van der Waals surface area contributed by atoms with Gasteiger partial charge >= 0.3 is 0 Å². The predicted octanol–water partition coefficient (Wildman–Crippen LogP) is 5.06. The summed E-state index contributed by atoms with van der Waals surface area (Å²) in [6.07, 6.45) is 2.30. The fraction of sp³-hybridized carbons (Fsp3) is 0.750. The third kappa shape index (κ3) is 3.85. The Morgan fingerprint density at radius 3 is 2.35 bits per heavy atom. The first kappa shape index (κ1) is 18.1. The van der Waals surface area contributed by atoms with E-state index in [4.69, 9.17) is 0 Å². The van der Waals surface area contributed by atoms with Gasteiger partial charge in [-0.1, -0.05) is 27.7 Å². The lowest BCUT2D eigenvalue weighted by atomic mass is 9.85. The normalized spacial score (nSPS) is 16.4. The van der Waals surface area contributed by atoms with Gasteiger partial charge in [0, 0.05) is 14.9 Å². The van der Waals surface area contributed by atoms with E-state index in [0.29, 0.717) is 6.04 Å². The number of rotatable bonds is 9. The molecule has 2 unspecified atom stereocenters. The van der Waals surface area contributed by atoms with Gasteiger partial charge in [0.2, 0.25) is 0 Å². The number of halogens is 1. The van der Waals surface area contributed by atoms with Crippen LogP contribution in [-0.2, 0) is 0 Å². The van der Waals surface area contributed by atoms with Crippen molar-refractivity contribution in [2.45, 2.75) is 59.0 Å². The number of likely N-dealkylation sites (N-methyl/N-ethyl adjacent to an activating group) is 1. The number of thiophene rings is 1. The van der Waals surface area contributed by atoms with Crippen LogP contribution in [0.15, 0.2) is 15.9 Å². The molecular weight excluding hydrogens is 332 g/mol. The summed E-state index contributed by atoms with van der Waals surface area (Å²) in [6, 6.07) is 2.54. The van der Waals surface area contributed by atoms with Crippen molar-refractivity contribution in [3.05, 3.63) is 20.8 Å².